The number of carbonyl (C=O) groups is 1. The molecule has 1 N–H and O–H groups in total. The molecule has 0 saturated heterocycles. The van der Waals surface area contributed by atoms with E-state index in [0.717, 1.165) is 21.2 Å². The third-order valence-corrected chi connectivity index (χ3v) is 5.10. The molecule has 0 atom stereocenters. The van der Waals surface area contributed by atoms with Gasteiger partial charge in [-0.2, -0.15) is 0 Å². The lowest BCUT2D eigenvalue weighted by atomic mass is 10.2. The molecular weight excluding hydrogens is 378 g/mol. The van der Waals surface area contributed by atoms with Gasteiger partial charge in [-0.3, -0.25) is 4.79 Å². The Balaban J connectivity index is 1.48. The number of hydrogen-bond donors (Lipinski definition) is 1. The molecule has 0 unspecified atom stereocenters. The first kappa shape index (κ1) is 19.3. The van der Waals surface area contributed by atoms with Gasteiger partial charge in [-0.1, -0.05) is 53.7 Å². The molecule has 0 aliphatic heterocycles. The maximum absolute atomic E-state index is 12.3. The van der Waals surface area contributed by atoms with Crippen molar-refractivity contribution in [2.75, 3.05) is 11.9 Å². The SMILES string of the molecule is O=C(CCCOc1ccc(Cl)cc1)Nc1ccccc1Sc1ccccc1. The number of ether oxygens (including phenoxy) is 1. The highest BCUT2D eigenvalue weighted by atomic mass is 35.5. The number of para-hydroxylation sites is 1. The van der Waals surface area contributed by atoms with Crippen LogP contribution in [-0.2, 0) is 4.79 Å². The van der Waals surface area contributed by atoms with Gasteiger partial charge in [0.25, 0.3) is 0 Å². The number of amides is 1. The van der Waals surface area contributed by atoms with Gasteiger partial charge < -0.3 is 10.1 Å². The van der Waals surface area contributed by atoms with Gasteiger partial charge in [-0.05, 0) is 55.0 Å². The Labute approximate surface area is 168 Å². The largest absolute Gasteiger partial charge is 0.494 e. The number of hydrogen-bond acceptors (Lipinski definition) is 3. The van der Waals surface area contributed by atoms with Crippen molar-refractivity contribution in [2.45, 2.75) is 22.6 Å². The summed E-state index contributed by atoms with van der Waals surface area (Å²) in [6.45, 7) is 0.482. The zero-order valence-electron chi connectivity index (χ0n) is 14.7. The molecule has 0 fully saturated rings. The van der Waals surface area contributed by atoms with Crippen LogP contribution in [0.2, 0.25) is 5.02 Å². The van der Waals surface area contributed by atoms with Crippen LogP contribution in [0.15, 0.2) is 88.7 Å². The van der Waals surface area contributed by atoms with Crippen LogP contribution >= 0.6 is 23.4 Å². The molecule has 0 aliphatic carbocycles. The van der Waals surface area contributed by atoms with E-state index >= 15 is 0 Å². The molecule has 5 heteroatoms. The van der Waals surface area contributed by atoms with Crippen LogP contribution in [0.5, 0.6) is 5.75 Å². The van der Waals surface area contributed by atoms with Crippen molar-refractivity contribution in [3.63, 3.8) is 0 Å². The van der Waals surface area contributed by atoms with Crippen molar-refractivity contribution < 1.29 is 9.53 Å². The number of nitrogens with one attached hydrogen (secondary N) is 1. The van der Waals surface area contributed by atoms with Gasteiger partial charge >= 0.3 is 0 Å². The number of anilines is 1. The van der Waals surface area contributed by atoms with E-state index in [2.05, 4.69) is 17.4 Å². The summed E-state index contributed by atoms with van der Waals surface area (Å²) in [6.07, 6.45) is 1.04. The average Bonchev–Trinajstić information content (AvgIpc) is 2.69. The molecule has 3 rings (SSSR count). The van der Waals surface area contributed by atoms with Gasteiger partial charge in [0.05, 0.1) is 12.3 Å². The van der Waals surface area contributed by atoms with E-state index in [9.17, 15) is 4.79 Å². The van der Waals surface area contributed by atoms with Gasteiger partial charge in [-0.15, -0.1) is 0 Å². The molecule has 0 radical (unpaired) electrons. The van der Waals surface area contributed by atoms with Crippen LogP contribution in [0.3, 0.4) is 0 Å². The Morgan fingerprint density at radius 1 is 0.926 bits per heavy atom. The van der Waals surface area contributed by atoms with Gasteiger partial charge in [-0.25, -0.2) is 0 Å². The highest BCUT2D eigenvalue weighted by molar-refractivity contribution is 7.99. The standard InChI is InChI=1S/C22H20ClNO2S/c23-17-12-14-18(15-13-17)26-16-6-11-22(25)24-20-9-4-5-10-21(20)27-19-7-2-1-3-8-19/h1-5,7-10,12-15H,6,11,16H2,(H,24,25). The molecule has 0 aliphatic rings. The van der Waals surface area contributed by atoms with Gasteiger partial charge in [0.2, 0.25) is 5.91 Å². The number of benzene rings is 3. The predicted molar refractivity (Wildman–Crippen MR) is 112 cm³/mol. The Kier molecular flexibility index (Phi) is 7.19. The zero-order valence-corrected chi connectivity index (χ0v) is 16.3. The normalized spacial score (nSPS) is 10.4. The van der Waals surface area contributed by atoms with E-state index in [0.29, 0.717) is 24.5 Å². The maximum Gasteiger partial charge on any atom is 0.224 e. The minimum Gasteiger partial charge on any atom is -0.494 e. The van der Waals surface area contributed by atoms with E-state index in [1.165, 1.54) is 0 Å². The van der Waals surface area contributed by atoms with Crippen LogP contribution in [0.25, 0.3) is 0 Å². The Morgan fingerprint density at radius 2 is 1.63 bits per heavy atom. The Morgan fingerprint density at radius 3 is 2.41 bits per heavy atom. The molecule has 0 heterocycles. The van der Waals surface area contributed by atoms with Crippen LogP contribution in [0.4, 0.5) is 5.69 Å². The molecule has 0 aromatic heterocycles. The second-order valence-corrected chi connectivity index (χ2v) is 7.42. The van der Waals surface area contributed by atoms with Gasteiger partial charge in [0.1, 0.15) is 5.75 Å². The molecule has 138 valence electrons. The minimum absolute atomic E-state index is 0.0178. The molecular formula is C22H20ClNO2S. The fourth-order valence-corrected chi connectivity index (χ4v) is 3.49. The maximum atomic E-state index is 12.3. The average molecular weight is 398 g/mol. The van der Waals surface area contributed by atoms with Gasteiger partial charge in [0, 0.05) is 21.2 Å². The molecule has 1 amide bonds. The lowest BCUT2D eigenvalue weighted by Crippen LogP contribution is -2.13. The highest BCUT2D eigenvalue weighted by Crippen LogP contribution is 2.33. The van der Waals surface area contributed by atoms with Crippen LogP contribution in [-0.4, -0.2) is 12.5 Å². The van der Waals surface area contributed by atoms with E-state index in [-0.39, 0.29) is 5.91 Å². The zero-order chi connectivity index (χ0) is 18.9. The van der Waals surface area contributed by atoms with Crippen molar-refractivity contribution in [2.24, 2.45) is 0 Å². The smallest absolute Gasteiger partial charge is 0.224 e. The summed E-state index contributed by atoms with van der Waals surface area (Å²) in [5, 5.41) is 3.68. The summed E-state index contributed by atoms with van der Waals surface area (Å²) in [5.74, 6) is 0.736. The van der Waals surface area contributed by atoms with E-state index in [4.69, 9.17) is 16.3 Å². The summed E-state index contributed by atoms with van der Waals surface area (Å²) in [7, 11) is 0. The van der Waals surface area contributed by atoms with E-state index in [1.807, 2.05) is 54.6 Å². The first-order chi connectivity index (χ1) is 13.2. The fraction of sp³-hybridized carbons (Fsp3) is 0.136. The summed E-state index contributed by atoms with van der Waals surface area (Å²) in [5.41, 5.74) is 0.829. The molecule has 0 spiro atoms. The lowest BCUT2D eigenvalue weighted by Gasteiger charge is -2.11. The second kappa shape index (κ2) is 10.0. The summed E-state index contributed by atoms with van der Waals surface area (Å²) < 4.78 is 5.62. The fourth-order valence-electron chi connectivity index (χ4n) is 2.44. The third-order valence-electron chi connectivity index (χ3n) is 3.76. The summed E-state index contributed by atoms with van der Waals surface area (Å²) in [6, 6.07) is 25.1. The van der Waals surface area contributed by atoms with Gasteiger partial charge in [0.15, 0.2) is 0 Å². The van der Waals surface area contributed by atoms with Crippen molar-refractivity contribution in [1.29, 1.82) is 0 Å². The number of carbonyl (C=O) groups excluding carboxylic acids is 1. The van der Waals surface area contributed by atoms with Crippen molar-refractivity contribution in [3.8, 4) is 5.75 Å². The number of halogens is 1. The third kappa shape index (κ3) is 6.35. The van der Waals surface area contributed by atoms with E-state index < -0.39 is 0 Å². The molecule has 3 aromatic carbocycles. The second-order valence-electron chi connectivity index (χ2n) is 5.87. The lowest BCUT2D eigenvalue weighted by molar-refractivity contribution is -0.116. The first-order valence-electron chi connectivity index (χ1n) is 8.71. The monoisotopic (exact) mass is 397 g/mol. The minimum atomic E-state index is -0.0178. The van der Waals surface area contributed by atoms with Crippen molar-refractivity contribution in [1.82, 2.24) is 0 Å². The van der Waals surface area contributed by atoms with Crippen molar-refractivity contribution in [3.05, 3.63) is 83.9 Å². The number of rotatable bonds is 8. The van der Waals surface area contributed by atoms with Crippen LogP contribution < -0.4 is 10.1 Å². The molecule has 3 nitrogen and oxygen atoms in total. The van der Waals surface area contributed by atoms with Crippen LogP contribution in [0.1, 0.15) is 12.8 Å². The molecule has 3 aromatic rings. The molecule has 0 saturated carbocycles. The highest BCUT2D eigenvalue weighted by Gasteiger charge is 2.08. The quantitative estimate of drug-likeness (QED) is 0.454. The molecule has 27 heavy (non-hydrogen) atoms. The van der Waals surface area contributed by atoms with E-state index in [1.54, 1.807) is 23.9 Å². The summed E-state index contributed by atoms with van der Waals surface area (Å²) in [4.78, 5) is 14.4. The Bertz CT molecular complexity index is 869. The molecule has 0 bridgehead atoms. The topological polar surface area (TPSA) is 38.3 Å². The first-order valence-corrected chi connectivity index (χ1v) is 9.90. The van der Waals surface area contributed by atoms with Crippen LogP contribution in [0, 0.1) is 0 Å². The van der Waals surface area contributed by atoms with Crippen molar-refractivity contribution >= 4 is 35.0 Å². The summed E-state index contributed by atoms with van der Waals surface area (Å²) >= 11 is 7.48. The predicted octanol–water partition coefficient (Wildman–Crippen LogP) is 6.29. The Hall–Kier alpha value is -2.43.